The molecule has 2 aromatic carbocycles. The second-order valence-electron chi connectivity index (χ2n) is 5.74. The molecule has 0 heterocycles. The topological polar surface area (TPSA) is 88.8 Å². The number of amides is 1. The molecule has 0 aromatic heterocycles. The number of nitro groups is 1. The number of benzene rings is 2. The number of hydrogen-bond donors (Lipinski definition) is 2. The minimum absolute atomic E-state index is 0.0120. The molecule has 0 aliphatic rings. The van der Waals surface area contributed by atoms with Gasteiger partial charge in [0.2, 0.25) is 5.82 Å². The fourth-order valence-electron chi connectivity index (χ4n) is 2.41. The van der Waals surface area contributed by atoms with Gasteiger partial charge in [0.15, 0.2) is 6.04 Å². The Morgan fingerprint density at radius 1 is 1.28 bits per heavy atom. The Morgan fingerprint density at radius 3 is 2.64 bits per heavy atom. The zero-order chi connectivity index (χ0) is 18.6. The number of nitrogens with zero attached hydrogens (tertiary/aromatic N) is 1. The van der Waals surface area contributed by atoms with Crippen LogP contribution in [0.2, 0.25) is 5.02 Å². The molecule has 0 spiro atoms. The van der Waals surface area contributed by atoms with Gasteiger partial charge in [0, 0.05) is 22.3 Å². The van der Waals surface area contributed by atoms with E-state index in [2.05, 4.69) is 5.32 Å². The minimum atomic E-state index is -0.947. The number of nitrogens with two attached hydrogens (primary N) is 1. The summed E-state index contributed by atoms with van der Waals surface area (Å²) < 4.78 is 13.3. The Morgan fingerprint density at radius 2 is 2.00 bits per heavy atom. The molecule has 2 atom stereocenters. The Bertz CT molecular complexity index is 800. The fourth-order valence-corrected chi connectivity index (χ4v) is 2.61. The second kappa shape index (κ2) is 8.04. The number of halogens is 2. The maximum atomic E-state index is 13.3. The SMILES string of the molecule is C[C@H]([NH2+][C@H](C)C(=O)Nc1ccc(F)c([N+](=O)[O-])c1)c1cccc(Cl)c1. The normalized spacial score (nSPS) is 13.1. The summed E-state index contributed by atoms with van der Waals surface area (Å²) >= 11 is 5.97. The van der Waals surface area contributed by atoms with Crippen molar-refractivity contribution < 1.29 is 19.4 Å². The maximum absolute atomic E-state index is 13.3. The fraction of sp³-hybridized carbons (Fsp3) is 0.235. The molecular formula is C17H18ClFN3O3+. The van der Waals surface area contributed by atoms with Gasteiger partial charge in [-0.05, 0) is 38.1 Å². The van der Waals surface area contributed by atoms with Gasteiger partial charge in [-0.1, -0.05) is 23.7 Å². The van der Waals surface area contributed by atoms with E-state index in [0.717, 1.165) is 17.7 Å². The predicted molar refractivity (Wildman–Crippen MR) is 92.9 cm³/mol. The van der Waals surface area contributed by atoms with Crippen molar-refractivity contribution >= 4 is 28.9 Å². The van der Waals surface area contributed by atoms with Gasteiger partial charge >= 0.3 is 5.69 Å². The highest BCUT2D eigenvalue weighted by molar-refractivity contribution is 6.30. The lowest BCUT2D eigenvalue weighted by Gasteiger charge is -2.17. The van der Waals surface area contributed by atoms with Crippen molar-refractivity contribution in [2.24, 2.45) is 0 Å². The van der Waals surface area contributed by atoms with E-state index in [9.17, 15) is 19.3 Å². The quantitative estimate of drug-likeness (QED) is 0.608. The predicted octanol–water partition coefficient (Wildman–Crippen LogP) is 3.04. The summed E-state index contributed by atoms with van der Waals surface area (Å²) in [4.78, 5) is 22.2. The van der Waals surface area contributed by atoms with Crippen molar-refractivity contribution in [1.29, 1.82) is 0 Å². The van der Waals surface area contributed by atoms with E-state index < -0.39 is 22.5 Å². The lowest BCUT2D eigenvalue weighted by atomic mass is 10.1. The number of anilines is 1. The van der Waals surface area contributed by atoms with Crippen LogP contribution in [0.4, 0.5) is 15.8 Å². The molecule has 0 radical (unpaired) electrons. The van der Waals surface area contributed by atoms with Gasteiger partial charge in [0.25, 0.3) is 5.91 Å². The van der Waals surface area contributed by atoms with Crippen LogP contribution in [0.1, 0.15) is 25.5 Å². The summed E-state index contributed by atoms with van der Waals surface area (Å²) in [7, 11) is 0. The van der Waals surface area contributed by atoms with Crippen LogP contribution in [0, 0.1) is 15.9 Å². The summed E-state index contributed by atoms with van der Waals surface area (Å²) in [6.45, 7) is 3.66. The van der Waals surface area contributed by atoms with Crippen LogP contribution in [0.25, 0.3) is 0 Å². The smallest absolute Gasteiger partial charge is 0.306 e. The third-order valence-electron chi connectivity index (χ3n) is 3.78. The Labute approximate surface area is 149 Å². The summed E-state index contributed by atoms with van der Waals surface area (Å²) in [5.41, 5.74) is 0.472. The largest absolute Gasteiger partial charge is 0.330 e. The molecule has 0 bridgehead atoms. The van der Waals surface area contributed by atoms with Crippen LogP contribution in [-0.2, 0) is 4.79 Å². The van der Waals surface area contributed by atoms with Gasteiger partial charge in [0.1, 0.15) is 6.04 Å². The van der Waals surface area contributed by atoms with Crippen LogP contribution >= 0.6 is 11.6 Å². The van der Waals surface area contributed by atoms with Crippen LogP contribution < -0.4 is 10.6 Å². The number of nitro benzene ring substituents is 1. The third-order valence-corrected chi connectivity index (χ3v) is 4.01. The van der Waals surface area contributed by atoms with Crippen molar-refractivity contribution in [1.82, 2.24) is 0 Å². The molecule has 1 amide bonds. The van der Waals surface area contributed by atoms with Crippen molar-refractivity contribution in [3.8, 4) is 0 Å². The molecule has 0 saturated heterocycles. The Balaban J connectivity index is 2.03. The standard InChI is InChI=1S/C17H17ClFN3O3/c1-10(12-4-3-5-13(18)8-12)20-11(2)17(23)21-14-6-7-15(19)16(9-14)22(24)25/h3-11,20H,1-2H3,(H,21,23)/p+1/t10-,11+/m0/s1. The highest BCUT2D eigenvalue weighted by Gasteiger charge is 2.22. The van der Waals surface area contributed by atoms with E-state index in [-0.39, 0.29) is 17.6 Å². The highest BCUT2D eigenvalue weighted by Crippen LogP contribution is 2.21. The van der Waals surface area contributed by atoms with Crippen molar-refractivity contribution in [2.45, 2.75) is 25.9 Å². The van der Waals surface area contributed by atoms with Crippen molar-refractivity contribution in [2.75, 3.05) is 5.32 Å². The number of rotatable bonds is 6. The average molecular weight is 367 g/mol. The van der Waals surface area contributed by atoms with E-state index in [1.807, 2.05) is 30.4 Å². The van der Waals surface area contributed by atoms with E-state index in [4.69, 9.17) is 11.6 Å². The lowest BCUT2D eigenvalue weighted by Crippen LogP contribution is -2.91. The molecule has 0 aliphatic heterocycles. The van der Waals surface area contributed by atoms with Gasteiger partial charge < -0.3 is 10.6 Å². The number of quaternary nitrogens is 1. The highest BCUT2D eigenvalue weighted by atomic mass is 35.5. The molecule has 132 valence electrons. The Kier molecular flexibility index (Phi) is 6.06. The first-order chi connectivity index (χ1) is 11.8. The number of hydrogen-bond acceptors (Lipinski definition) is 3. The molecule has 2 aromatic rings. The number of carbonyl (C=O) groups is 1. The minimum Gasteiger partial charge on any atom is -0.330 e. The van der Waals surface area contributed by atoms with Crippen LogP contribution in [0.5, 0.6) is 0 Å². The first kappa shape index (κ1) is 18.8. The molecular weight excluding hydrogens is 349 g/mol. The monoisotopic (exact) mass is 366 g/mol. The van der Waals surface area contributed by atoms with E-state index in [1.165, 1.54) is 6.07 Å². The number of carbonyl (C=O) groups excluding carboxylic acids is 1. The van der Waals surface area contributed by atoms with E-state index in [0.29, 0.717) is 5.02 Å². The lowest BCUT2D eigenvalue weighted by molar-refractivity contribution is -0.709. The van der Waals surface area contributed by atoms with E-state index in [1.54, 1.807) is 13.0 Å². The molecule has 0 aliphatic carbocycles. The van der Waals surface area contributed by atoms with Gasteiger partial charge in [-0.2, -0.15) is 4.39 Å². The Hall–Kier alpha value is -2.51. The summed E-state index contributed by atoms with van der Waals surface area (Å²) in [6, 6.07) is 10.1. The molecule has 25 heavy (non-hydrogen) atoms. The summed E-state index contributed by atoms with van der Waals surface area (Å²) in [5.74, 6) is -1.29. The molecule has 3 N–H and O–H groups in total. The van der Waals surface area contributed by atoms with Crippen LogP contribution in [0.15, 0.2) is 42.5 Å². The molecule has 0 saturated carbocycles. The first-order valence-corrected chi connectivity index (χ1v) is 8.01. The third kappa shape index (κ3) is 4.98. The molecule has 2 rings (SSSR count). The molecule has 0 unspecified atom stereocenters. The van der Waals surface area contributed by atoms with Crippen molar-refractivity contribution in [3.63, 3.8) is 0 Å². The molecule has 8 heteroatoms. The van der Waals surface area contributed by atoms with Gasteiger partial charge in [-0.25, -0.2) is 0 Å². The second-order valence-corrected chi connectivity index (χ2v) is 6.17. The zero-order valence-electron chi connectivity index (χ0n) is 13.7. The van der Waals surface area contributed by atoms with Gasteiger partial charge in [0.05, 0.1) is 4.92 Å². The first-order valence-electron chi connectivity index (χ1n) is 7.63. The average Bonchev–Trinajstić information content (AvgIpc) is 2.56. The summed E-state index contributed by atoms with van der Waals surface area (Å²) in [5, 5.41) is 15.8. The van der Waals surface area contributed by atoms with Gasteiger partial charge in [-0.15, -0.1) is 0 Å². The van der Waals surface area contributed by atoms with Crippen LogP contribution in [-0.4, -0.2) is 16.9 Å². The molecule has 0 fully saturated rings. The van der Waals surface area contributed by atoms with Crippen molar-refractivity contribution in [3.05, 3.63) is 69.0 Å². The molecule has 6 nitrogen and oxygen atoms in total. The van der Waals surface area contributed by atoms with Crippen LogP contribution in [0.3, 0.4) is 0 Å². The number of nitrogens with one attached hydrogen (secondary N) is 1. The summed E-state index contributed by atoms with van der Waals surface area (Å²) in [6.07, 6.45) is 0. The maximum Gasteiger partial charge on any atom is 0.306 e. The zero-order valence-corrected chi connectivity index (χ0v) is 14.5. The van der Waals surface area contributed by atoms with Gasteiger partial charge in [-0.3, -0.25) is 14.9 Å². The van der Waals surface area contributed by atoms with E-state index >= 15 is 0 Å².